The molecule has 0 rings (SSSR count). The average Bonchev–Trinajstić information content (AvgIpc) is 1.86. The lowest BCUT2D eigenvalue weighted by Gasteiger charge is -2.35. The summed E-state index contributed by atoms with van der Waals surface area (Å²) in [6.45, 7) is 5.45. The zero-order valence-electron chi connectivity index (χ0n) is 7.22. The van der Waals surface area contributed by atoms with E-state index >= 15 is 0 Å². The van der Waals surface area contributed by atoms with Gasteiger partial charge in [0.1, 0.15) is 0 Å². The molecule has 0 fully saturated rings. The monoisotopic (exact) mass is 159 g/mol. The molecule has 2 N–H and O–H groups in total. The number of hydrogen-bond donors (Lipinski definition) is 2. The van der Waals surface area contributed by atoms with Crippen LogP contribution in [0.2, 0.25) is 0 Å². The van der Waals surface area contributed by atoms with Gasteiger partial charge in [0.05, 0.1) is 5.66 Å². The fraction of sp³-hybridized carbons (Fsp3) is 0.714. The summed E-state index contributed by atoms with van der Waals surface area (Å²) in [5, 5.41) is 10.8. The van der Waals surface area contributed by atoms with Crippen LogP contribution in [0, 0.1) is 6.92 Å². The molecule has 1 radical (unpaired) electrons. The molecule has 4 nitrogen and oxygen atoms in total. The molecule has 0 aromatic heterocycles. The number of nitrogens with zero attached hydrogens (tertiary/aromatic N) is 1. The first-order valence-corrected chi connectivity index (χ1v) is 3.40. The molecule has 0 saturated heterocycles. The van der Waals surface area contributed by atoms with Crippen molar-refractivity contribution in [3.05, 3.63) is 6.92 Å². The summed E-state index contributed by atoms with van der Waals surface area (Å²) < 4.78 is 0. The van der Waals surface area contributed by atoms with E-state index in [-0.39, 0.29) is 0 Å². The van der Waals surface area contributed by atoms with E-state index in [0.717, 1.165) is 0 Å². The van der Waals surface area contributed by atoms with Gasteiger partial charge in [0, 0.05) is 0 Å². The maximum atomic E-state index is 10.3. The number of carboxylic acid groups (broad SMARTS) is 1. The molecule has 0 aliphatic heterocycles. The predicted octanol–water partition coefficient (Wildman–Crippen LogP) is 0.756. The standard InChI is InChI=1S/C7H15N2O2/c1-5-7(2,9(3)4)8-6(10)11/h8H,1,5H2,2-4H3,(H,10,11). The molecule has 0 aromatic rings. The van der Waals surface area contributed by atoms with Gasteiger partial charge in [0.25, 0.3) is 0 Å². The molecule has 0 aromatic carbocycles. The largest absolute Gasteiger partial charge is 0.465 e. The zero-order valence-corrected chi connectivity index (χ0v) is 7.22. The van der Waals surface area contributed by atoms with Gasteiger partial charge in [-0.2, -0.15) is 0 Å². The SMILES string of the molecule is [CH2]CC(C)(NC(=O)O)N(C)C. The van der Waals surface area contributed by atoms with Crippen LogP contribution in [0.5, 0.6) is 0 Å². The fourth-order valence-electron chi connectivity index (χ4n) is 0.628. The summed E-state index contributed by atoms with van der Waals surface area (Å²) >= 11 is 0. The van der Waals surface area contributed by atoms with Gasteiger partial charge < -0.3 is 10.4 Å². The van der Waals surface area contributed by atoms with E-state index in [1.165, 1.54) is 0 Å². The van der Waals surface area contributed by atoms with E-state index < -0.39 is 11.8 Å². The molecule has 0 aliphatic rings. The smallest absolute Gasteiger partial charge is 0.406 e. The van der Waals surface area contributed by atoms with Crippen LogP contribution in [0.1, 0.15) is 13.3 Å². The zero-order chi connectivity index (χ0) is 9.07. The van der Waals surface area contributed by atoms with Gasteiger partial charge in [0.15, 0.2) is 0 Å². The van der Waals surface area contributed by atoms with Gasteiger partial charge in [-0.25, -0.2) is 4.79 Å². The molecule has 65 valence electrons. The topological polar surface area (TPSA) is 52.6 Å². The lowest BCUT2D eigenvalue weighted by Crippen LogP contribution is -2.55. The number of carbonyl (C=O) groups is 1. The lowest BCUT2D eigenvalue weighted by molar-refractivity contribution is 0.115. The van der Waals surface area contributed by atoms with E-state index in [4.69, 9.17) is 5.11 Å². The third-order valence-corrected chi connectivity index (χ3v) is 1.85. The van der Waals surface area contributed by atoms with Gasteiger partial charge in [0.2, 0.25) is 0 Å². The summed E-state index contributed by atoms with van der Waals surface area (Å²) in [6, 6.07) is 0. The van der Waals surface area contributed by atoms with E-state index in [1.807, 2.05) is 0 Å². The molecule has 0 heterocycles. The highest BCUT2D eigenvalue weighted by atomic mass is 16.4. The van der Waals surface area contributed by atoms with Crippen molar-refractivity contribution in [3.63, 3.8) is 0 Å². The highest BCUT2D eigenvalue weighted by molar-refractivity contribution is 5.65. The minimum atomic E-state index is -1.02. The van der Waals surface area contributed by atoms with Gasteiger partial charge in [-0.3, -0.25) is 4.90 Å². The number of rotatable bonds is 3. The third kappa shape index (κ3) is 2.76. The molecular weight excluding hydrogens is 144 g/mol. The molecule has 1 atom stereocenters. The Morgan fingerprint density at radius 3 is 2.27 bits per heavy atom. The Labute approximate surface area is 67.2 Å². The molecule has 0 saturated carbocycles. The Balaban J connectivity index is 4.22. The van der Waals surface area contributed by atoms with Crippen LogP contribution in [-0.2, 0) is 0 Å². The minimum absolute atomic E-state index is 0.492. The van der Waals surface area contributed by atoms with Crippen molar-refractivity contribution in [1.82, 2.24) is 10.2 Å². The van der Waals surface area contributed by atoms with Gasteiger partial charge in [-0.1, -0.05) is 0 Å². The molecule has 1 unspecified atom stereocenters. The summed E-state index contributed by atoms with van der Waals surface area (Å²) in [6.07, 6.45) is -0.531. The number of amides is 1. The first-order valence-electron chi connectivity index (χ1n) is 3.40. The maximum absolute atomic E-state index is 10.3. The highest BCUT2D eigenvalue weighted by Gasteiger charge is 2.25. The Kier molecular flexibility index (Phi) is 3.32. The highest BCUT2D eigenvalue weighted by Crippen LogP contribution is 2.10. The average molecular weight is 159 g/mol. The van der Waals surface area contributed by atoms with Crippen molar-refractivity contribution in [1.29, 1.82) is 0 Å². The van der Waals surface area contributed by atoms with E-state index in [1.54, 1.807) is 25.9 Å². The van der Waals surface area contributed by atoms with Crippen LogP contribution in [0.4, 0.5) is 4.79 Å². The van der Waals surface area contributed by atoms with Gasteiger partial charge in [-0.05, 0) is 34.4 Å². The van der Waals surface area contributed by atoms with Crippen molar-refractivity contribution >= 4 is 6.09 Å². The summed E-state index contributed by atoms with van der Waals surface area (Å²) in [5.41, 5.74) is -0.564. The summed E-state index contributed by atoms with van der Waals surface area (Å²) in [4.78, 5) is 12.1. The molecule has 4 heteroatoms. The molecule has 0 spiro atoms. The minimum Gasteiger partial charge on any atom is -0.465 e. The normalized spacial score (nSPS) is 16.1. The molecule has 1 amide bonds. The Morgan fingerprint density at radius 2 is 2.18 bits per heavy atom. The first kappa shape index (κ1) is 10.2. The van der Waals surface area contributed by atoms with E-state index in [0.29, 0.717) is 6.42 Å². The third-order valence-electron chi connectivity index (χ3n) is 1.85. The second kappa shape index (κ2) is 3.57. The van der Waals surface area contributed by atoms with E-state index in [2.05, 4.69) is 12.2 Å². The second-order valence-electron chi connectivity index (χ2n) is 2.85. The van der Waals surface area contributed by atoms with Crippen molar-refractivity contribution in [2.75, 3.05) is 14.1 Å². The summed E-state index contributed by atoms with van der Waals surface area (Å²) in [7, 11) is 3.61. The molecular formula is C7H15N2O2. The Hall–Kier alpha value is -0.770. The maximum Gasteiger partial charge on any atom is 0.406 e. The number of nitrogens with one attached hydrogen (secondary N) is 1. The van der Waals surface area contributed by atoms with E-state index in [9.17, 15) is 4.79 Å². The van der Waals surface area contributed by atoms with Crippen LogP contribution < -0.4 is 5.32 Å². The van der Waals surface area contributed by atoms with Crippen molar-refractivity contribution in [3.8, 4) is 0 Å². The van der Waals surface area contributed by atoms with Crippen molar-refractivity contribution in [2.24, 2.45) is 0 Å². The van der Waals surface area contributed by atoms with Crippen molar-refractivity contribution < 1.29 is 9.90 Å². The van der Waals surface area contributed by atoms with Gasteiger partial charge >= 0.3 is 6.09 Å². The lowest BCUT2D eigenvalue weighted by atomic mass is 10.1. The first-order chi connectivity index (χ1) is 4.92. The van der Waals surface area contributed by atoms with Crippen LogP contribution >= 0.6 is 0 Å². The molecule has 0 bridgehead atoms. The van der Waals surface area contributed by atoms with Crippen LogP contribution in [0.15, 0.2) is 0 Å². The number of hydrogen-bond acceptors (Lipinski definition) is 2. The van der Waals surface area contributed by atoms with Crippen molar-refractivity contribution in [2.45, 2.75) is 19.0 Å². The predicted molar refractivity (Wildman–Crippen MR) is 43.2 cm³/mol. The molecule has 0 aliphatic carbocycles. The summed E-state index contributed by atoms with van der Waals surface area (Å²) in [5.74, 6) is 0. The Morgan fingerprint density at radius 1 is 1.73 bits per heavy atom. The quantitative estimate of drug-likeness (QED) is 0.598. The van der Waals surface area contributed by atoms with Gasteiger partial charge in [-0.15, -0.1) is 0 Å². The van der Waals surface area contributed by atoms with Crippen LogP contribution in [-0.4, -0.2) is 35.9 Å². The fourth-order valence-corrected chi connectivity index (χ4v) is 0.628. The van der Waals surface area contributed by atoms with Crippen LogP contribution in [0.3, 0.4) is 0 Å². The Bertz CT molecular complexity index is 147. The van der Waals surface area contributed by atoms with Crippen LogP contribution in [0.25, 0.3) is 0 Å². The molecule has 11 heavy (non-hydrogen) atoms. The second-order valence-corrected chi connectivity index (χ2v) is 2.85.